The van der Waals surface area contributed by atoms with Gasteiger partial charge in [0.15, 0.2) is 6.29 Å². The number of H-pyrrole nitrogens is 1. The van der Waals surface area contributed by atoms with Crippen molar-refractivity contribution in [3.05, 3.63) is 23.5 Å². The van der Waals surface area contributed by atoms with E-state index in [2.05, 4.69) is 18.8 Å². The summed E-state index contributed by atoms with van der Waals surface area (Å²) in [4.78, 5) is 27.4. The molecule has 0 bridgehead atoms. The lowest BCUT2D eigenvalue weighted by atomic mass is 10.2. The third kappa shape index (κ3) is 3.73. The molecule has 0 saturated carbocycles. The zero-order valence-electron chi connectivity index (χ0n) is 10.5. The smallest absolute Gasteiger partial charge is 0.270 e. The van der Waals surface area contributed by atoms with E-state index in [4.69, 9.17) is 0 Å². The number of hydrogen-bond donors (Lipinski definition) is 1. The minimum absolute atomic E-state index is 0.0200. The minimum atomic E-state index is -0.0200. The van der Waals surface area contributed by atoms with Crippen molar-refractivity contribution in [2.24, 2.45) is 0 Å². The highest BCUT2D eigenvalue weighted by molar-refractivity contribution is 5.93. The lowest BCUT2D eigenvalue weighted by Crippen LogP contribution is -2.32. The SMILES string of the molecule is CCCCN(CCC)C(=O)c1ccc(C=O)[nH]1. The van der Waals surface area contributed by atoms with Gasteiger partial charge in [-0.2, -0.15) is 0 Å². The normalized spacial score (nSPS) is 10.2. The van der Waals surface area contributed by atoms with Crippen LogP contribution < -0.4 is 0 Å². The average molecular weight is 236 g/mol. The molecule has 1 rings (SSSR count). The van der Waals surface area contributed by atoms with Gasteiger partial charge in [-0.05, 0) is 25.0 Å². The Morgan fingerprint density at radius 1 is 1.29 bits per heavy atom. The Morgan fingerprint density at radius 3 is 2.59 bits per heavy atom. The first-order valence-electron chi connectivity index (χ1n) is 6.16. The molecule has 1 aromatic rings. The van der Waals surface area contributed by atoms with Crippen LogP contribution in [0.15, 0.2) is 12.1 Å². The Balaban J connectivity index is 2.71. The third-order valence-electron chi connectivity index (χ3n) is 2.63. The van der Waals surface area contributed by atoms with Crippen molar-refractivity contribution >= 4 is 12.2 Å². The van der Waals surface area contributed by atoms with Gasteiger partial charge in [-0.25, -0.2) is 0 Å². The van der Waals surface area contributed by atoms with E-state index >= 15 is 0 Å². The first kappa shape index (κ1) is 13.5. The molecule has 0 radical (unpaired) electrons. The molecule has 1 N–H and O–H groups in total. The van der Waals surface area contributed by atoms with E-state index in [0.29, 0.717) is 17.7 Å². The molecule has 4 nitrogen and oxygen atoms in total. The van der Waals surface area contributed by atoms with E-state index in [1.54, 1.807) is 12.1 Å². The van der Waals surface area contributed by atoms with Crippen molar-refractivity contribution in [2.75, 3.05) is 13.1 Å². The van der Waals surface area contributed by atoms with Crippen LogP contribution in [0.3, 0.4) is 0 Å². The molecule has 0 saturated heterocycles. The van der Waals surface area contributed by atoms with Crippen molar-refractivity contribution in [2.45, 2.75) is 33.1 Å². The summed E-state index contributed by atoms with van der Waals surface area (Å²) in [5.41, 5.74) is 0.942. The number of aromatic nitrogens is 1. The van der Waals surface area contributed by atoms with Gasteiger partial charge in [0.2, 0.25) is 0 Å². The largest absolute Gasteiger partial charge is 0.348 e. The van der Waals surface area contributed by atoms with E-state index in [9.17, 15) is 9.59 Å². The molecule has 0 aliphatic heterocycles. The summed E-state index contributed by atoms with van der Waals surface area (Å²) in [6.45, 7) is 5.69. The summed E-state index contributed by atoms with van der Waals surface area (Å²) in [6, 6.07) is 3.30. The number of rotatable bonds is 7. The van der Waals surface area contributed by atoms with Crippen molar-refractivity contribution in [1.29, 1.82) is 0 Å². The number of carbonyl (C=O) groups is 2. The molecule has 0 atom stereocenters. The summed E-state index contributed by atoms with van der Waals surface area (Å²) >= 11 is 0. The lowest BCUT2D eigenvalue weighted by Gasteiger charge is -2.21. The fraction of sp³-hybridized carbons (Fsp3) is 0.538. The Labute approximate surface area is 102 Å². The van der Waals surface area contributed by atoms with Gasteiger partial charge < -0.3 is 9.88 Å². The van der Waals surface area contributed by atoms with E-state index in [0.717, 1.165) is 32.4 Å². The van der Waals surface area contributed by atoms with Gasteiger partial charge in [0.25, 0.3) is 5.91 Å². The first-order chi connectivity index (χ1) is 8.22. The summed E-state index contributed by atoms with van der Waals surface area (Å²) in [5, 5.41) is 0. The van der Waals surface area contributed by atoms with Crippen molar-refractivity contribution in [3.8, 4) is 0 Å². The number of hydrogen-bond acceptors (Lipinski definition) is 2. The fourth-order valence-electron chi connectivity index (χ4n) is 1.71. The molecule has 17 heavy (non-hydrogen) atoms. The molecule has 4 heteroatoms. The number of aromatic amines is 1. The van der Waals surface area contributed by atoms with Crippen LogP contribution >= 0.6 is 0 Å². The van der Waals surface area contributed by atoms with Gasteiger partial charge in [0, 0.05) is 13.1 Å². The van der Waals surface area contributed by atoms with Crippen LogP contribution in [0.5, 0.6) is 0 Å². The van der Waals surface area contributed by atoms with Crippen LogP contribution in [0.25, 0.3) is 0 Å². The quantitative estimate of drug-likeness (QED) is 0.739. The molecule has 1 heterocycles. The van der Waals surface area contributed by atoms with Crippen LogP contribution in [0.2, 0.25) is 0 Å². The second-order valence-electron chi connectivity index (χ2n) is 4.09. The van der Waals surface area contributed by atoms with Gasteiger partial charge in [-0.15, -0.1) is 0 Å². The Kier molecular flexibility index (Phi) is 5.46. The Bertz CT molecular complexity index is 371. The van der Waals surface area contributed by atoms with Gasteiger partial charge in [-0.3, -0.25) is 9.59 Å². The highest BCUT2D eigenvalue weighted by Gasteiger charge is 2.15. The number of aldehydes is 1. The highest BCUT2D eigenvalue weighted by atomic mass is 16.2. The molecule has 0 spiro atoms. The number of amides is 1. The van der Waals surface area contributed by atoms with E-state index in [-0.39, 0.29) is 5.91 Å². The molecular formula is C13H20N2O2. The van der Waals surface area contributed by atoms with Crippen LogP contribution in [-0.2, 0) is 0 Å². The van der Waals surface area contributed by atoms with Gasteiger partial charge in [0.05, 0.1) is 5.69 Å². The summed E-state index contributed by atoms with van der Waals surface area (Å²) < 4.78 is 0. The first-order valence-corrected chi connectivity index (χ1v) is 6.16. The molecular weight excluding hydrogens is 216 g/mol. The lowest BCUT2D eigenvalue weighted by molar-refractivity contribution is 0.0748. The van der Waals surface area contributed by atoms with Gasteiger partial charge in [0.1, 0.15) is 5.69 Å². The van der Waals surface area contributed by atoms with Crippen LogP contribution in [0, 0.1) is 0 Å². The van der Waals surface area contributed by atoms with Crippen LogP contribution in [0.1, 0.15) is 54.1 Å². The number of nitrogens with one attached hydrogen (secondary N) is 1. The third-order valence-corrected chi connectivity index (χ3v) is 2.63. The van der Waals surface area contributed by atoms with Gasteiger partial charge >= 0.3 is 0 Å². The summed E-state index contributed by atoms with van der Waals surface area (Å²) in [7, 11) is 0. The molecule has 0 unspecified atom stereocenters. The van der Waals surface area contributed by atoms with Crippen molar-refractivity contribution in [3.63, 3.8) is 0 Å². The van der Waals surface area contributed by atoms with Gasteiger partial charge in [-0.1, -0.05) is 20.3 Å². The van der Waals surface area contributed by atoms with Crippen LogP contribution in [0.4, 0.5) is 0 Å². The molecule has 0 fully saturated rings. The number of nitrogens with zero attached hydrogens (tertiary/aromatic N) is 1. The Morgan fingerprint density at radius 2 is 2.06 bits per heavy atom. The van der Waals surface area contributed by atoms with Crippen LogP contribution in [-0.4, -0.2) is 35.2 Å². The standard InChI is InChI=1S/C13H20N2O2/c1-3-5-9-15(8-4-2)13(17)12-7-6-11(10-16)14-12/h6-7,10,14H,3-5,8-9H2,1-2H3. The monoisotopic (exact) mass is 236 g/mol. The number of unbranched alkanes of at least 4 members (excludes halogenated alkanes) is 1. The second-order valence-corrected chi connectivity index (χ2v) is 4.09. The predicted molar refractivity (Wildman–Crippen MR) is 67.3 cm³/mol. The maximum absolute atomic E-state index is 12.1. The summed E-state index contributed by atoms with van der Waals surface area (Å²) in [5.74, 6) is -0.0200. The fourth-order valence-corrected chi connectivity index (χ4v) is 1.71. The molecule has 1 amide bonds. The topological polar surface area (TPSA) is 53.2 Å². The molecule has 1 aromatic heterocycles. The summed E-state index contributed by atoms with van der Waals surface area (Å²) in [6.07, 6.45) is 3.73. The Hall–Kier alpha value is -1.58. The van der Waals surface area contributed by atoms with Crippen molar-refractivity contribution in [1.82, 2.24) is 9.88 Å². The highest BCUT2D eigenvalue weighted by Crippen LogP contribution is 2.07. The van der Waals surface area contributed by atoms with E-state index < -0.39 is 0 Å². The predicted octanol–water partition coefficient (Wildman–Crippen LogP) is 2.48. The maximum atomic E-state index is 12.1. The number of carbonyl (C=O) groups excluding carboxylic acids is 2. The average Bonchev–Trinajstić information content (AvgIpc) is 2.82. The molecule has 0 aliphatic rings. The van der Waals surface area contributed by atoms with E-state index in [1.165, 1.54) is 0 Å². The zero-order valence-corrected chi connectivity index (χ0v) is 10.5. The van der Waals surface area contributed by atoms with E-state index in [1.807, 2.05) is 4.90 Å². The molecule has 94 valence electrons. The molecule has 0 aromatic carbocycles. The zero-order chi connectivity index (χ0) is 12.7. The minimum Gasteiger partial charge on any atom is -0.348 e. The van der Waals surface area contributed by atoms with Crippen molar-refractivity contribution < 1.29 is 9.59 Å². The molecule has 0 aliphatic carbocycles. The maximum Gasteiger partial charge on any atom is 0.270 e. The second kappa shape index (κ2) is 6.89.